The molecule has 1 aromatic rings. The van der Waals surface area contributed by atoms with Gasteiger partial charge in [-0.25, -0.2) is 0 Å². The fraction of sp³-hybridized carbons (Fsp3) is 0.600. The molecule has 108 valence electrons. The monoisotopic (exact) mass is 285 g/mol. The van der Waals surface area contributed by atoms with Crippen molar-refractivity contribution in [1.82, 2.24) is 5.32 Å². The molecule has 1 aromatic carbocycles. The molecule has 0 saturated heterocycles. The number of hydrogen-bond donors (Lipinski definition) is 1. The summed E-state index contributed by atoms with van der Waals surface area (Å²) in [6, 6.07) is 4.36. The molecule has 1 atom stereocenters. The van der Waals surface area contributed by atoms with Gasteiger partial charge in [0.2, 0.25) is 0 Å². The van der Waals surface area contributed by atoms with E-state index in [-0.39, 0.29) is 6.10 Å². The molecule has 4 heteroatoms. The molecule has 1 N–H and O–H groups in total. The van der Waals surface area contributed by atoms with Crippen molar-refractivity contribution in [3.63, 3.8) is 0 Å². The first-order valence-corrected chi connectivity index (χ1v) is 6.97. The molecule has 0 bridgehead atoms. The third-order valence-corrected chi connectivity index (χ3v) is 3.42. The van der Waals surface area contributed by atoms with E-state index >= 15 is 0 Å². The van der Waals surface area contributed by atoms with E-state index in [1.165, 1.54) is 0 Å². The maximum Gasteiger partial charge on any atom is 0.134 e. The summed E-state index contributed by atoms with van der Waals surface area (Å²) in [5, 5.41) is 4.16. The molecule has 0 heterocycles. The Hall–Kier alpha value is -0.770. The lowest BCUT2D eigenvalue weighted by molar-refractivity contribution is 0.0793. The van der Waals surface area contributed by atoms with Gasteiger partial charge in [0.1, 0.15) is 11.9 Å². The Morgan fingerprint density at radius 2 is 1.79 bits per heavy atom. The first kappa shape index (κ1) is 16.3. The molecule has 3 nitrogen and oxygen atoms in total. The topological polar surface area (TPSA) is 30.5 Å². The van der Waals surface area contributed by atoms with Gasteiger partial charge < -0.3 is 14.8 Å². The van der Waals surface area contributed by atoms with Gasteiger partial charge in [-0.2, -0.15) is 0 Å². The van der Waals surface area contributed by atoms with Gasteiger partial charge in [-0.3, -0.25) is 0 Å². The second-order valence-corrected chi connectivity index (χ2v) is 5.51. The van der Waals surface area contributed by atoms with Gasteiger partial charge in [0.05, 0.1) is 6.61 Å². The Kier molecular flexibility index (Phi) is 6.63. The fourth-order valence-corrected chi connectivity index (χ4v) is 1.96. The Morgan fingerprint density at radius 1 is 1.21 bits per heavy atom. The van der Waals surface area contributed by atoms with Crippen LogP contribution in [0.25, 0.3) is 0 Å². The molecule has 0 fully saturated rings. The van der Waals surface area contributed by atoms with E-state index < -0.39 is 0 Å². The number of benzene rings is 1. The van der Waals surface area contributed by atoms with E-state index in [1.54, 1.807) is 7.11 Å². The smallest absolute Gasteiger partial charge is 0.134 e. The van der Waals surface area contributed by atoms with Crippen LogP contribution in [0.5, 0.6) is 5.75 Å². The summed E-state index contributed by atoms with van der Waals surface area (Å²) in [5.41, 5.74) is 2.06. The molecule has 0 aromatic heterocycles. The summed E-state index contributed by atoms with van der Waals surface area (Å²) in [6.07, 6.45) is -0.00706. The van der Waals surface area contributed by atoms with E-state index in [0.29, 0.717) is 12.6 Å². The third-order valence-electron chi connectivity index (χ3n) is 2.82. The highest BCUT2D eigenvalue weighted by molar-refractivity contribution is 6.32. The van der Waals surface area contributed by atoms with Gasteiger partial charge in [-0.1, -0.05) is 25.4 Å². The molecule has 0 amide bonds. The van der Waals surface area contributed by atoms with E-state index in [4.69, 9.17) is 21.1 Å². The maximum absolute atomic E-state index is 6.16. The zero-order chi connectivity index (χ0) is 14.4. The molecule has 0 spiro atoms. The van der Waals surface area contributed by atoms with Crippen molar-refractivity contribution in [2.45, 2.75) is 39.8 Å². The molecule has 0 aliphatic carbocycles. The summed E-state index contributed by atoms with van der Waals surface area (Å²) in [5.74, 6) is 0.840. The Balaban J connectivity index is 2.72. The minimum absolute atomic E-state index is 0.00706. The van der Waals surface area contributed by atoms with Crippen LogP contribution in [0.2, 0.25) is 5.02 Å². The predicted molar refractivity (Wildman–Crippen MR) is 80.4 cm³/mol. The van der Waals surface area contributed by atoms with Crippen LogP contribution in [0.15, 0.2) is 12.1 Å². The second kappa shape index (κ2) is 7.73. The summed E-state index contributed by atoms with van der Waals surface area (Å²) in [7, 11) is 1.68. The minimum atomic E-state index is -0.00706. The summed E-state index contributed by atoms with van der Waals surface area (Å²) >= 11 is 6.16. The zero-order valence-corrected chi connectivity index (χ0v) is 13.2. The average molecular weight is 286 g/mol. The number of aryl methyl sites for hydroxylation is 2. The molecule has 0 saturated carbocycles. The van der Waals surface area contributed by atoms with Gasteiger partial charge in [0.15, 0.2) is 0 Å². The van der Waals surface area contributed by atoms with Crippen molar-refractivity contribution in [3.8, 4) is 5.75 Å². The lowest BCUT2D eigenvalue weighted by Crippen LogP contribution is -2.38. The molecule has 1 rings (SSSR count). The Labute approximate surface area is 121 Å². The Morgan fingerprint density at radius 3 is 2.26 bits per heavy atom. The lowest BCUT2D eigenvalue weighted by Gasteiger charge is -2.21. The highest BCUT2D eigenvalue weighted by Gasteiger charge is 2.12. The van der Waals surface area contributed by atoms with Crippen molar-refractivity contribution in [2.75, 3.05) is 20.3 Å². The predicted octanol–water partition coefficient (Wildman–Crippen LogP) is 3.35. The standard InChI is InChI=1S/C15H24ClNO2/c1-10(2)17-8-14(9-18-5)19-13-6-11(3)15(16)12(4)7-13/h6-7,10,14,17H,8-9H2,1-5H3. The molecule has 0 aliphatic heterocycles. The highest BCUT2D eigenvalue weighted by Crippen LogP contribution is 2.26. The fourth-order valence-electron chi connectivity index (χ4n) is 1.85. The summed E-state index contributed by atoms with van der Waals surface area (Å²) in [6.45, 7) is 9.51. The quantitative estimate of drug-likeness (QED) is 0.833. The van der Waals surface area contributed by atoms with Crippen molar-refractivity contribution < 1.29 is 9.47 Å². The average Bonchev–Trinajstić information content (AvgIpc) is 2.33. The van der Waals surface area contributed by atoms with E-state index in [2.05, 4.69) is 19.2 Å². The molecule has 1 unspecified atom stereocenters. The Bertz CT molecular complexity index is 384. The van der Waals surface area contributed by atoms with Gasteiger partial charge in [0.25, 0.3) is 0 Å². The molecule has 0 radical (unpaired) electrons. The first-order valence-electron chi connectivity index (χ1n) is 6.59. The number of ether oxygens (including phenoxy) is 2. The van der Waals surface area contributed by atoms with Crippen molar-refractivity contribution in [3.05, 3.63) is 28.3 Å². The molecule has 19 heavy (non-hydrogen) atoms. The zero-order valence-electron chi connectivity index (χ0n) is 12.4. The highest BCUT2D eigenvalue weighted by atomic mass is 35.5. The van der Waals surface area contributed by atoms with Crippen LogP contribution < -0.4 is 10.1 Å². The molecule has 0 aliphatic rings. The van der Waals surface area contributed by atoms with E-state index in [9.17, 15) is 0 Å². The molecular formula is C15H24ClNO2. The van der Waals surface area contributed by atoms with Gasteiger partial charge in [0, 0.05) is 24.7 Å². The van der Waals surface area contributed by atoms with Crippen LogP contribution in [-0.4, -0.2) is 32.4 Å². The van der Waals surface area contributed by atoms with Gasteiger partial charge in [-0.15, -0.1) is 0 Å². The molecular weight excluding hydrogens is 262 g/mol. The number of methoxy groups -OCH3 is 1. The number of halogens is 1. The minimum Gasteiger partial charge on any atom is -0.487 e. The second-order valence-electron chi connectivity index (χ2n) is 5.13. The number of nitrogens with one attached hydrogen (secondary N) is 1. The van der Waals surface area contributed by atoms with Crippen LogP contribution in [0, 0.1) is 13.8 Å². The SMILES string of the molecule is COCC(CNC(C)C)Oc1cc(C)c(Cl)c(C)c1. The van der Waals surface area contributed by atoms with Gasteiger partial charge >= 0.3 is 0 Å². The normalized spacial score (nSPS) is 12.8. The van der Waals surface area contributed by atoms with Crippen molar-refractivity contribution in [2.24, 2.45) is 0 Å². The van der Waals surface area contributed by atoms with Crippen LogP contribution in [0.4, 0.5) is 0 Å². The van der Waals surface area contributed by atoms with Gasteiger partial charge in [-0.05, 0) is 37.1 Å². The maximum atomic E-state index is 6.16. The van der Waals surface area contributed by atoms with Crippen LogP contribution in [-0.2, 0) is 4.74 Å². The largest absolute Gasteiger partial charge is 0.487 e. The van der Waals surface area contributed by atoms with Crippen LogP contribution >= 0.6 is 11.6 Å². The van der Waals surface area contributed by atoms with E-state index in [0.717, 1.165) is 28.4 Å². The first-order chi connectivity index (χ1) is 8.93. The lowest BCUT2D eigenvalue weighted by atomic mass is 10.1. The summed E-state index contributed by atoms with van der Waals surface area (Å²) < 4.78 is 11.2. The number of rotatable bonds is 7. The van der Waals surface area contributed by atoms with Crippen LogP contribution in [0.1, 0.15) is 25.0 Å². The van der Waals surface area contributed by atoms with E-state index in [1.807, 2.05) is 26.0 Å². The van der Waals surface area contributed by atoms with Crippen molar-refractivity contribution >= 4 is 11.6 Å². The van der Waals surface area contributed by atoms with Crippen LogP contribution in [0.3, 0.4) is 0 Å². The summed E-state index contributed by atoms with van der Waals surface area (Å²) in [4.78, 5) is 0. The third kappa shape index (κ3) is 5.39. The van der Waals surface area contributed by atoms with Crippen molar-refractivity contribution in [1.29, 1.82) is 0 Å². The number of hydrogen-bond acceptors (Lipinski definition) is 3.